The van der Waals surface area contributed by atoms with Crippen molar-refractivity contribution < 1.29 is 28.7 Å². The van der Waals surface area contributed by atoms with Crippen molar-refractivity contribution in [2.24, 2.45) is 5.92 Å². The van der Waals surface area contributed by atoms with E-state index in [0.29, 0.717) is 25.0 Å². The zero-order valence-electron chi connectivity index (χ0n) is 31.6. The fraction of sp³-hybridized carbons (Fsp3) is 0.722. The Morgan fingerprint density at radius 3 is 1.98 bits per heavy atom. The van der Waals surface area contributed by atoms with Gasteiger partial charge in [-0.3, -0.25) is 14.7 Å². The lowest BCUT2D eigenvalue weighted by atomic mass is 9.89. The van der Waals surface area contributed by atoms with Crippen molar-refractivity contribution >= 4 is 35.6 Å². The standard InChI is InChI=1S/C36H58N8O7/c1-34(2,3)50-32(48)38-26-13-11-25(12-14-26)37-23-24-9-15-27(16-10-24)44-18-17-28(40-31(44)47)39-30(46)43-21-19-42(20-22-43)29(45)36(7,8)41-33(49)51-35(4,5)6/h15,17-18,24-26,37H,9-14,16,19-23H2,1-8H3,(H,38,48)(H,41,49)(H,39,40,46,47). The number of anilines is 1. The molecule has 4 N–H and O–H groups in total. The molecule has 1 aromatic heterocycles. The second-order valence-corrected chi connectivity index (χ2v) is 16.4. The van der Waals surface area contributed by atoms with Crippen LogP contribution in [0.25, 0.3) is 5.70 Å². The van der Waals surface area contributed by atoms with Crippen LogP contribution in [-0.2, 0) is 14.3 Å². The number of allylic oxidation sites excluding steroid dienone is 2. The van der Waals surface area contributed by atoms with Gasteiger partial charge in [-0.2, -0.15) is 4.98 Å². The molecule has 3 aliphatic rings. The third-order valence-corrected chi connectivity index (χ3v) is 9.19. The lowest BCUT2D eigenvalue weighted by Crippen LogP contribution is -2.60. The van der Waals surface area contributed by atoms with Gasteiger partial charge in [0.1, 0.15) is 22.6 Å². The van der Waals surface area contributed by atoms with Crippen molar-refractivity contribution in [3.63, 3.8) is 0 Å². The predicted molar refractivity (Wildman–Crippen MR) is 194 cm³/mol. The molecule has 1 aromatic rings. The first-order chi connectivity index (χ1) is 23.8. The van der Waals surface area contributed by atoms with E-state index < -0.39 is 34.6 Å². The lowest BCUT2D eigenvalue weighted by Gasteiger charge is -2.38. The number of carbonyl (C=O) groups is 4. The molecule has 0 bridgehead atoms. The van der Waals surface area contributed by atoms with Gasteiger partial charge in [-0.25, -0.2) is 19.2 Å². The Bertz CT molecular complexity index is 1490. The van der Waals surface area contributed by atoms with Crippen LogP contribution < -0.4 is 27.0 Å². The second kappa shape index (κ2) is 16.5. The molecule has 5 amide bonds. The lowest BCUT2D eigenvalue weighted by molar-refractivity contribution is -0.138. The summed E-state index contributed by atoms with van der Waals surface area (Å²) >= 11 is 0. The summed E-state index contributed by atoms with van der Waals surface area (Å²) in [6.45, 7) is 16.1. The van der Waals surface area contributed by atoms with Crippen molar-refractivity contribution in [1.29, 1.82) is 0 Å². The summed E-state index contributed by atoms with van der Waals surface area (Å²) in [5.41, 5.74) is -1.93. The Hall–Kier alpha value is -4.14. The van der Waals surface area contributed by atoms with Crippen molar-refractivity contribution in [2.75, 3.05) is 38.0 Å². The highest BCUT2D eigenvalue weighted by Gasteiger charge is 2.37. The average molecular weight is 715 g/mol. The van der Waals surface area contributed by atoms with E-state index in [-0.39, 0.29) is 36.9 Å². The van der Waals surface area contributed by atoms with Gasteiger partial charge in [-0.1, -0.05) is 6.08 Å². The zero-order chi connectivity index (χ0) is 37.6. The third-order valence-electron chi connectivity index (χ3n) is 9.19. The number of urea groups is 1. The topological polar surface area (TPSA) is 176 Å². The monoisotopic (exact) mass is 714 g/mol. The molecular weight excluding hydrogens is 656 g/mol. The van der Waals surface area contributed by atoms with Crippen LogP contribution in [0.2, 0.25) is 0 Å². The Morgan fingerprint density at radius 2 is 1.41 bits per heavy atom. The maximum Gasteiger partial charge on any atom is 0.408 e. The van der Waals surface area contributed by atoms with Gasteiger partial charge in [0.05, 0.1) is 0 Å². The molecule has 1 saturated heterocycles. The molecule has 2 fully saturated rings. The largest absolute Gasteiger partial charge is 0.444 e. The highest BCUT2D eigenvalue weighted by molar-refractivity contribution is 5.90. The maximum atomic E-state index is 13.1. The number of ether oxygens (including phenoxy) is 2. The van der Waals surface area contributed by atoms with Crippen molar-refractivity contribution in [3.8, 4) is 0 Å². The molecule has 0 spiro atoms. The smallest absolute Gasteiger partial charge is 0.408 e. The van der Waals surface area contributed by atoms with Crippen molar-refractivity contribution in [3.05, 3.63) is 28.8 Å². The first-order valence-corrected chi connectivity index (χ1v) is 18.2. The molecule has 1 unspecified atom stereocenters. The quantitative estimate of drug-likeness (QED) is 0.306. The van der Waals surface area contributed by atoms with E-state index in [1.165, 1.54) is 4.57 Å². The van der Waals surface area contributed by atoms with Gasteiger partial charge in [0, 0.05) is 50.2 Å². The van der Waals surface area contributed by atoms with Gasteiger partial charge >= 0.3 is 23.9 Å². The van der Waals surface area contributed by atoms with Gasteiger partial charge in [0.25, 0.3) is 0 Å². The van der Waals surface area contributed by atoms with Crippen LogP contribution in [0, 0.1) is 5.92 Å². The van der Waals surface area contributed by atoms with Crippen LogP contribution in [0.4, 0.5) is 20.2 Å². The molecule has 51 heavy (non-hydrogen) atoms. The summed E-state index contributed by atoms with van der Waals surface area (Å²) in [6.07, 6.45) is 9.12. The van der Waals surface area contributed by atoms with E-state index in [1.807, 2.05) is 20.8 Å². The van der Waals surface area contributed by atoms with Crippen molar-refractivity contribution in [1.82, 2.24) is 35.3 Å². The van der Waals surface area contributed by atoms with E-state index in [1.54, 1.807) is 56.7 Å². The van der Waals surface area contributed by atoms with Crippen LogP contribution in [0.15, 0.2) is 23.1 Å². The Morgan fingerprint density at radius 1 is 0.824 bits per heavy atom. The molecule has 1 atom stereocenters. The fourth-order valence-corrected chi connectivity index (χ4v) is 6.53. The van der Waals surface area contributed by atoms with E-state index in [2.05, 4.69) is 32.3 Å². The number of piperazine rings is 1. The Kier molecular flexibility index (Phi) is 12.8. The summed E-state index contributed by atoms with van der Waals surface area (Å²) in [7, 11) is 0. The van der Waals surface area contributed by atoms with E-state index in [4.69, 9.17) is 9.47 Å². The van der Waals surface area contributed by atoms with Gasteiger partial charge in [-0.05, 0) is 119 Å². The number of rotatable bonds is 8. The van der Waals surface area contributed by atoms with Crippen LogP contribution in [0.1, 0.15) is 100 Å². The van der Waals surface area contributed by atoms with Gasteiger partial charge in [-0.15, -0.1) is 0 Å². The number of aromatic nitrogens is 2. The van der Waals surface area contributed by atoms with Crippen LogP contribution >= 0.6 is 0 Å². The summed E-state index contributed by atoms with van der Waals surface area (Å²) in [6, 6.07) is 1.78. The molecule has 15 heteroatoms. The molecule has 284 valence electrons. The summed E-state index contributed by atoms with van der Waals surface area (Å²) < 4.78 is 12.2. The molecule has 0 aromatic carbocycles. The highest BCUT2D eigenvalue weighted by Crippen LogP contribution is 2.27. The third kappa shape index (κ3) is 12.3. The van der Waals surface area contributed by atoms with E-state index >= 15 is 0 Å². The maximum absolute atomic E-state index is 13.1. The molecule has 2 heterocycles. The number of carbonyl (C=O) groups excluding carboxylic acids is 4. The number of hydrogen-bond acceptors (Lipinski definition) is 9. The van der Waals surface area contributed by atoms with E-state index in [0.717, 1.165) is 57.2 Å². The molecule has 2 aliphatic carbocycles. The second-order valence-electron chi connectivity index (χ2n) is 16.4. The molecule has 1 aliphatic heterocycles. The van der Waals surface area contributed by atoms with Crippen LogP contribution in [-0.4, -0.2) is 105 Å². The Balaban J connectivity index is 1.18. The molecular formula is C36H58N8O7. The Labute approximate surface area is 301 Å². The number of amides is 5. The molecule has 0 radical (unpaired) electrons. The van der Waals surface area contributed by atoms with Crippen molar-refractivity contribution in [2.45, 2.75) is 129 Å². The minimum atomic E-state index is -1.18. The number of alkyl carbamates (subject to hydrolysis) is 2. The molecule has 1 saturated carbocycles. The van der Waals surface area contributed by atoms with E-state index in [9.17, 15) is 24.0 Å². The summed E-state index contributed by atoms with van der Waals surface area (Å²) in [4.78, 5) is 70.7. The minimum absolute atomic E-state index is 0.146. The number of nitrogens with zero attached hydrogens (tertiary/aromatic N) is 4. The van der Waals surface area contributed by atoms with Crippen LogP contribution in [0.3, 0.4) is 0 Å². The molecule has 4 rings (SSSR count). The number of nitrogens with one attached hydrogen (secondary N) is 4. The molecule has 15 nitrogen and oxygen atoms in total. The average Bonchev–Trinajstić information content (AvgIpc) is 3.02. The SMILES string of the molecule is CC(C)(C)OC(=O)NC1CCC(NCC2CC=C(n3ccc(NC(=O)N4CCN(C(=O)C(C)(C)NC(=O)OC(C)(C)C)CC4)nc3=O)CC2)CC1. The highest BCUT2D eigenvalue weighted by atomic mass is 16.6. The zero-order valence-corrected chi connectivity index (χ0v) is 31.6. The summed E-state index contributed by atoms with van der Waals surface area (Å²) in [5, 5.41) is 12.1. The van der Waals surface area contributed by atoms with Gasteiger partial charge in [0.15, 0.2) is 0 Å². The fourth-order valence-electron chi connectivity index (χ4n) is 6.53. The number of hydrogen-bond donors (Lipinski definition) is 4. The first kappa shape index (κ1) is 39.6. The normalized spacial score (nSPS) is 21.6. The predicted octanol–water partition coefficient (Wildman–Crippen LogP) is 4.29. The van der Waals surface area contributed by atoms with Crippen LogP contribution in [0.5, 0.6) is 0 Å². The minimum Gasteiger partial charge on any atom is -0.444 e. The van der Waals surface area contributed by atoms with Gasteiger partial charge < -0.3 is 35.2 Å². The summed E-state index contributed by atoms with van der Waals surface area (Å²) in [5.74, 6) is 0.361. The first-order valence-electron chi connectivity index (χ1n) is 18.2. The van der Waals surface area contributed by atoms with Gasteiger partial charge in [0.2, 0.25) is 5.91 Å².